The van der Waals surface area contributed by atoms with Gasteiger partial charge < -0.3 is 15.9 Å². The summed E-state index contributed by atoms with van der Waals surface area (Å²) in [7, 11) is 0. The van der Waals surface area contributed by atoms with E-state index in [9.17, 15) is 24.6 Å². The monoisotopic (exact) mass is 355 g/mol. The van der Waals surface area contributed by atoms with Crippen LogP contribution in [0.15, 0.2) is 9.93 Å². The fraction of sp³-hybridized carbons (Fsp3) is 0.583. The molecule has 1 fully saturated rings. The van der Waals surface area contributed by atoms with Gasteiger partial charge in [0.05, 0.1) is 21.5 Å². The summed E-state index contributed by atoms with van der Waals surface area (Å²) >= 11 is 2.27. The Hall–Kier alpha value is -0.190. The number of nitrogens with two attached hydrogens (primary N) is 1. The van der Waals surface area contributed by atoms with Crippen LogP contribution in [0, 0.1) is 5.92 Å². The van der Waals surface area contributed by atoms with Crippen molar-refractivity contribution in [2.45, 2.75) is 37.0 Å². The van der Waals surface area contributed by atoms with Crippen LogP contribution in [0.3, 0.4) is 0 Å². The van der Waals surface area contributed by atoms with Crippen LogP contribution in [0.25, 0.3) is 0 Å². The second kappa shape index (κ2) is 7.59. The normalized spacial score (nSPS) is 26.0. The fourth-order valence-electron chi connectivity index (χ4n) is 2.30. The molecular weight excluding hydrogens is 339 g/mol. The van der Waals surface area contributed by atoms with Crippen molar-refractivity contribution in [2.24, 2.45) is 11.7 Å². The third kappa shape index (κ3) is 3.34. The molecule has 4 atom stereocenters. The van der Waals surface area contributed by atoms with Gasteiger partial charge >= 0.3 is 5.97 Å². The van der Waals surface area contributed by atoms with Crippen molar-refractivity contribution in [1.82, 2.24) is 4.90 Å². The molecule has 1 saturated heterocycles. The van der Waals surface area contributed by atoms with Crippen molar-refractivity contribution in [3.05, 3.63) is 9.93 Å². The first-order valence-electron chi connectivity index (χ1n) is 6.40. The maximum atomic E-state index is 12.0. The third-order valence-corrected chi connectivity index (χ3v) is 6.39. The van der Waals surface area contributed by atoms with Crippen LogP contribution in [0.2, 0.25) is 0 Å². The molecule has 0 aromatic heterocycles. The van der Waals surface area contributed by atoms with Crippen LogP contribution in [-0.4, -0.2) is 79.2 Å². The van der Waals surface area contributed by atoms with E-state index in [1.807, 2.05) is 0 Å². The van der Waals surface area contributed by atoms with Crippen LogP contribution in [0.5, 0.6) is 0 Å². The minimum atomic E-state index is -1.22. The molecule has 2 heterocycles. The van der Waals surface area contributed by atoms with E-state index >= 15 is 0 Å². The number of aliphatic hydroxyl groups excluding tert-OH is 1. The minimum absolute atomic E-state index is 0. The molecule has 117 valence electrons. The van der Waals surface area contributed by atoms with Gasteiger partial charge in [0.1, 0.15) is 5.37 Å². The number of hydrogen-bond acceptors (Lipinski definition) is 6. The number of carboxylic acid groups (broad SMARTS) is 1. The van der Waals surface area contributed by atoms with Crippen LogP contribution in [0.1, 0.15) is 20.3 Å². The Bertz CT molecular complexity index is 540. The molecule has 0 aromatic carbocycles. The predicted octanol–water partition coefficient (Wildman–Crippen LogP) is -0.231. The summed E-state index contributed by atoms with van der Waals surface area (Å²) in [6.45, 7) is 3.28. The van der Waals surface area contributed by atoms with E-state index < -0.39 is 40.4 Å². The van der Waals surface area contributed by atoms with Crippen LogP contribution in [-0.2, 0) is 14.4 Å². The molecule has 2 amide bonds. The number of carboxylic acids is 1. The van der Waals surface area contributed by atoms with Crippen molar-refractivity contribution in [1.29, 1.82) is 0 Å². The Morgan fingerprint density at radius 3 is 2.50 bits per heavy atom. The van der Waals surface area contributed by atoms with Crippen molar-refractivity contribution in [2.75, 3.05) is 0 Å². The summed E-state index contributed by atoms with van der Waals surface area (Å²) in [5.41, 5.74) is 5.16. The Morgan fingerprint density at radius 2 is 2.09 bits per heavy atom. The number of β-lactam (4-membered cyclic amide) rings is 1. The summed E-state index contributed by atoms with van der Waals surface area (Å²) < 4.78 is 0.398. The van der Waals surface area contributed by atoms with Crippen LogP contribution in [0.4, 0.5) is 0 Å². The molecule has 0 bridgehead atoms. The number of carbonyl (C=O) groups excluding carboxylic acids is 2. The molecular formula is C12H16N2NaO5S2. The molecule has 0 aliphatic carbocycles. The summed E-state index contributed by atoms with van der Waals surface area (Å²) in [4.78, 5) is 35.9. The first-order chi connectivity index (χ1) is 9.79. The molecule has 0 spiro atoms. The van der Waals surface area contributed by atoms with Gasteiger partial charge in [-0.3, -0.25) is 14.5 Å². The van der Waals surface area contributed by atoms with Gasteiger partial charge in [-0.1, -0.05) is 18.7 Å². The molecule has 0 aromatic rings. The molecule has 2 aliphatic rings. The van der Waals surface area contributed by atoms with E-state index in [4.69, 9.17) is 5.73 Å². The zero-order valence-electron chi connectivity index (χ0n) is 12.5. The number of rotatable bonds is 6. The number of thioether (sulfide) groups is 2. The van der Waals surface area contributed by atoms with E-state index in [-0.39, 0.29) is 35.3 Å². The van der Waals surface area contributed by atoms with Crippen molar-refractivity contribution < 1.29 is 24.6 Å². The molecule has 1 unspecified atom stereocenters. The first kappa shape index (κ1) is 19.9. The smallest absolute Gasteiger partial charge is 0.354 e. The van der Waals surface area contributed by atoms with E-state index in [1.54, 1.807) is 6.92 Å². The predicted molar refractivity (Wildman–Crippen MR) is 84.7 cm³/mol. The number of hydrogen-bond donors (Lipinski definition) is 3. The number of aliphatic hydroxyl groups is 1. The quantitative estimate of drug-likeness (QED) is 0.444. The standard InChI is InChI=1S/C12H16N2O5S2.Na/c1-3-5(8(13)16)20-12-7(11(18)19)14-9(17)6(4(2)15)10(14)21-12;/h4-6,10,15H,3H2,1-2H3,(H2,13,16)(H,18,19);/t4-,5?,6+,10-;/m1./s1. The average molecular weight is 355 g/mol. The summed E-state index contributed by atoms with van der Waals surface area (Å²) in [6.07, 6.45) is -0.376. The van der Waals surface area contributed by atoms with Crippen LogP contribution >= 0.6 is 23.5 Å². The largest absolute Gasteiger partial charge is 0.477 e. The van der Waals surface area contributed by atoms with Gasteiger partial charge in [0, 0.05) is 29.6 Å². The number of carbonyl (C=O) groups is 3. The van der Waals surface area contributed by atoms with Gasteiger partial charge in [0.15, 0.2) is 5.70 Å². The molecule has 4 N–H and O–H groups in total. The number of aliphatic carboxylic acids is 1. The molecule has 7 nitrogen and oxygen atoms in total. The van der Waals surface area contributed by atoms with Gasteiger partial charge in [0.25, 0.3) is 0 Å². The third-order valence-electron chi connectivity index (χ3n) is 3.41. The SMILES string of the molecule is CCC(SC1=C(C(=O)O)N2C(=O)[C@H]([C@@H](C)O)[C@H]2S1)C(N)=O.[Na]. The number of primary amides is 1. The summed E-state index contributed by atoms with van der Waals surface area (Å²) in [5, 5.41) is 18.0. The van der Waals surface area contributed by atoms with Crippen molar-refractivity contribution >= 4 is 70.9 Å². The molecule has 1 radical (unpaired) electrons. The maximum Gasteiger partial charge on any atom is 0.354 e. The van der Waals surface area contributed by atoms with E-state index in [0.29, 0.717) is 10.7 Å². The fourth-order valence-corrected chi connectivity index (χ4v) is 5.33. The second-order valence-corrected chi connectivity index (χ2v) is 7.44. The molecule has 0 saturated carbocycles. The topological polar surface area (TPSA) is 121 Å². The van der Waals surface area contributed by atoms with Gasteiger partial charge in [-0.25, -0.2) is 4.79 Å². The Kier molecular flexibility index (Phi) is 6.85. The zero-order valence-corrected chi connectivity index (χ0v) is 16.1. The zero-order chi connectivity index (χ0) is 15.9. The first-order valence-corrected chi connectivity index (χ1v) is 8.16. The number of amides is 2. The summed E-state index contributed by atoms with van der Waals surface area (Å²) in [5.74, 6) is -2.75. The van der Waals surface area contributed by atoms with E-state index in [2.05, 4.69) is 0 Å². The van der Waals surface area contributed by atoms with Gasteiger partial charge in [-0.05, 0) is 13.3 Å². The molecule has 2 aliphatic heterocycles. The summed E-state index contributed by atoms with van der Waals surface area (Å²) in [6, 6.07) is 0. The number of fused-ring (bicyclic) bond motifs is 1. The molecule has 2 rings (SSSR count). The Balaban J connectivity index is 0.00000242. The van der Waals surface area contributed by atoms with Crippen molar-refractivity contribution in [3.8, 4) is 0 Å². The Morgan fingerprint density at radius 1 is 1.50 bits per heavy atom. The number of nitrogens with zero attached hydrogens (tertiary/aromatic N) is 1. The molecule has 22 heavy (non-hydrogen) atoms. The van der Waals surface area contributed by atoms with Gasteiger partial charge in [0.2, 0.25) is 11.8 Å². The minimum Gasteiger partial charge on any atom is -0.477 e. The average Bonchev–Trinajstić information content (AvgIpc) is 2.69. The Labute approximate surface area is 158 Å². The second-order valence-electron chi connectivity index (χ2n) is 4.84. The van der Waals surface area contributed by atoms with E-state index in [1.165, 1.54) is 23.6 Å². The van der Waals surface area contributed by atoms with Gasteiger partial charge in [-0.2, -0.15) is 0 Å². The maximum absolute atomic E-state index is 12.0. The molecule has 10 heteroatoms. The van der Waals surface area contributed by atoms with Crippen LogP contribution < -0.4 is 5.73 Å². The van der Waals surface area contributed by atoms with Crippen molar-refractivity contribution in [3.63, 3.8) is 0 Å². The van der Waals surface area contributed by atoms with E-state index in [0.717, 1.165) is 11.8 Å². The van der Waals surface area contributed by atoms with Gasteiger partial charge in [-0.15, -0.1) is 11.8 Å².